The molecule has 5 heterocycles. The summed E-state index contributed by atoms with van der Waals surface area (Å²) >= 11 is 1.63. The van der Waals surface area contributed by atoms with Crippen molar-refractivity contribution in [1.82, 2.24) is 29.7 Å². The van der Waals surface area contributed by atoms with Gasteiger partial charge in [-0.2, -0.15) is 0 Å². The van der Waals surface area contributed by atoms with E-state index in [0.29, 0.717) is 12.5 Å². The standard InChI is InChI=1S/C29H33N7OS/c37-28(29(9-10-29)17-35-11-3-1-2-4-12-35)36-13-7-20(8-14-36)24-16-22-26(30-18-31-27(22)34-24)33-21-5-6-23-25(15-21)38-19-32-23/h5-7,15-16,18-19H,1-4,8-14,17H2,(H2,30,31,33,34). The maximum absolute atomic E-state index is 13.5. The molecule has 2 aliphatic heterocycles. The Kier molecular flexibility index (Phi) is 6.12. The van der Waals surface area contributed by atoms with Crippen LogP contribution in [0.15, 0.2) is 42.2 Å². The predicted molar refractivity (Wildman–Crippen MR) is 153 cm³/mol. The van der Waals surface area contributed by atoms with Gasteiger partial charge in [0, 0.05) is 31.0 Å². The Morgan fingerprint density at radius 1 is 1.05 bits per heavy atom. The first-order valence-electron chi connectivity index (χ1n) is 13.8. The average Bonchev–Trinajstić information content (AvgIpc) is 3.46. The van der Waals surface area contributed by atoms with Gasteiger partial charge in [-0.15, -0.1) is 11.3 Å². The Labute approximate surface area is 226 Å². The second kappa shape index (κ2) is 9.78. The largest absolute Gasteiger partial charge is 0.340 e. The molecule has 2 fully saturated rings. The van der Waals surface area contributed by atoms with Crippen LogP contribution in [-0.2, 0) is 4.79 Å². The molecule has 38 heavy (non-hydrogen) atoms. The predicted octanol–water partition coefficient (Wildman–Crippen LogP) is 5.58. The van der Waals surface area contributed by atoms with Gasteiger partial charge < -0.3 is 20.1 Å². The lowest BCUT2D eigenvalue weighted by Crippen LogP contribution is -2.44. The van der Waals surface area contributed by atoms with Crippen LogP contribution in [0.4, 0.5) is 11.5 Å². The van der Waals surface area contributed by atoms with Gasteiger partial charge in [0.05, 0.1) is 26.5 Å². The van der Waals surface area contributed by atoms with E-state index in [2.05, 4.69) is 53.3 Å². The molecule has 1 aliphatic carbocycles. The van der Waals surface area contributed by atoms with Gasteiger partial charge >= 0.3 is 0 Å². The van der Waals surface area contributed by atoms with Crippen molar-refractivity contribution in [2.24, 2.45) is 5.41 Å². The maximum Gasteiger partial charge on any atom is 0.230 e. The summed E-state index contributed by atoms with van der Waals surface area (Å²) in [6.45, 7) is 4.70. The summed E-state index contributed by atoms with van der Waals surface area (Å²) in [4.78, 5) is 35.0. The number of likely N-dealkylation sites (tertiary alicyclic amines) is 1. The monoisotopic (exact) mass is 527 g/mol. The van der Waals surface area contributed by atoms with E-state index < -0.39 is 0 Å². The van der Waals surface area contributed by atoms with Crippen molar-refractivity contribution in [2.75, 3.05) is 38.0 Å². The summed E-state index contributed by atoms with van der Waals surface area (Å²) in [5.74, 6) is 1.14. The van der Waals surface area contributed by atoms with Crippen LogP contribution in [0.25, 0.3) is 26.8 Å². The highest BCUT2D eigenvalue weighted by Gasteiger charge is 2.52. The second-order valence-electron chi connectivity index (χ2n) is 11.0. The molecule has 1 saturated carbocycles. The van der Waals surface area contributed by atoms with Crippen molar-refractivity contribution in [3.63, 3.8) is 0 Å². The van der Waals surface area contributed by atoms with Crippen molar-refractivity contribution in [3.8, 4) is 0 Å². The summed E-state index contributed by atoms with van der Waals surface area (Å²) in [5.41, 5.74) is 6.82. The number of thiazole rings is 1. The number of carbonyl (C=O) groups is 1. The zero-order valence-electron chi connectivity index (χ0n) is 21.6. The first-order chi connectivity index (χ1) is 18.7. The van der Waals surface area contributed by atoms with E-state index in [9.17, 15) is 4.79 Å². The molecule has 1 amide bonds. The molecule has 1 aromatic carbocycles. The van der Waals surface area contributed by atoms with Gasteiger partial charge in [-0.3, -0.25) is 4.79 Å². The number of hydrogen-bond donors (Lipinski definition) is 2. The van der Waals surface area contributed by atoms with Gasteiger partial charge in [0.15, 0.2) is 0 Å². The van der Waals surface area contributed by atoms with Crippen LogP contribution in [0.1, 0.15) is 50.6 Å². The number of carbonyl (C=O) groups excluding carboxylic acids is 1. The first kappa shape index (κ1) is 23.8. The van der Waals surface area contributed by atoms with Crippen LogP contribution < -0.4 is 5.32 Å². The van der Waals surface area contributed by atoms with Gasteiger partial charge in [-0.05, 0) is 75.0 Å². The van der Waals surface area contributed by atoms with Crippen LogP contribution in [0.3, 0.4) is 0 Å². The molecule has 0 bridgehead atoms. The molecule has 8 nitrogen and oxygen atoms in total. The Hall–Kier alpha value is -3.30. The molecule has 0 unspecified atom stereocenters. The van der Waals surface area contributed by atoms with Crippen molar-refractivity contribution < 1.29 is 4.79 Å². The first-order valence-corrected chi connectivity index (χ1v) is 14.7. The number of rotatable bonds is 6. The van der Waals surface area contributed by atoms with E-state index in [0.717, 1.165) is 83.9 Å². The average molecular weight is 528 g/mol. The van der Waals surface area contributed by atoms with E-state index >= 15 is 0 Å². The molecule has 7 rings (SSSR count). The zero-order valence-corrected chi connectivity index (χ0v) is 22.4. The molecular weight excluding hydrogens is 494 g/mol. The number of anilines is 2. The minimum Gasteiger partial charge on any atom is -0.340 e. The Morgan fingerprint density at radius 2 is 1.92 bits per heavy atom. The van der Waals surface area contributed by atoms with Crippen molar-refractivity contribution >= 4 is 55.6 Å². The lowest BCUT2D eigenvalue weighted by molar-refractivity contribution is -0.137. The smallest absolute Gasteiger partial charge is 0.230 e. The number of benzene rings is 1. The molecule has 0 atom stereocenters. The number of fused-ring (bicyclic) bond motifs is 2. The minimum absolute atomic E-state index is 0.130. The van der Waals surface area contributed by atoms with Gasteiger partial charge in [-0.1, -0.05) is 18.9 Å². The van der Waals surface area contributed by atoms with Gasteiger partial charge in [0.2, 0.25) is 5.91 Å². The summed E-state index contributed by atoms with van der Waals surface area (Å²) in [5, 5.41) is 4.42. The SMILES string of the molecule is O=C(N1CC=C(c2cc3c(Nc4ccc5ncsc5c4)ncnc3[nH]2)CC1)C1(CN2CCCCCC2)CC1. The Balaban J connectivity index is 1.05. The molecule has 0 spiro atoms. The van der Waals surface area contributed by atoms with Gasteiger partial charge in [0.1, 0.15) is 17.8 Å². The summed E-state index contributed by atoms with van der Waals surface area (Å²) in [6.07, 6.45) is 11.9. The topological polar surface area (TPSA) is 90.0 Å². The van der Waals surface area contributed by atoms with Crippen molar-refractivity contribution in [1.29, 1.82) is 0 Å². The number of amides is 1. The summed E-state index contributed by atoms with van der Waals surface area (Å²) in [6, 6.07) is 8.28. The van der Waals surface area contributed by atoms with E-state index in [1.807, 2.05) is 17.6 Å². The minimum atomic E-state index is -0.130. The fourth-order valence-corrected chi connectivity index (χ4v) is 6.74. The molecule has 0 radical (unpaired) electrons. The van der Waals surface area contributed by atoms with Gasteiger partial charge in [-0.25, -0.2) is 15.0 Å². The highest BCUT2D eigenvalue weighted by atomic mass is 32.1. The maximum atomic E-state index is 13.5. The quantitative estimate of drug-likeness (QED) is 0.340. The molecule has 2 N–H and O–H groups in total. The molecule has 196 valence electrons. The third-order valence-electron chi connectivity index (χ3n) is 8.39. The van der Waals surface area contributed by atoms with E-state index in [-0.39, 0.29) is 5.41 Å². The molecule has 3 aromatic heterocycles. The normalized spacial score (nSPS) is 19.9. The van der Waals surface area contributed by atoms with E-state index in [1.165, 1.54) is 31.3 Å². The Morgan fingerprint density at radius 3 is 2.71 bits per heavy atom. The third kappa shape index (κ3) is 4.58. The van der Waals surface area contributed by atoms with Crippen LogP contribution in [0.5, 0.6) is 0 Å². The van der Waals surface area contributed by atoms with Crippen molar-refractivity contribution in [2.45, 2.75) is 44.9 Å². The van der Waals surface area contributed by atoms with E-state index in [1.54, 1.807) is 17.7 Å². The number of nitrogens with zero attached hydrogens (tertiary/aromatic N) is 5. The van der Waals surface area contributed by atoms with Crippen LogP contribution in [0.2, 0.25) is 0 Å². The highest BCUT2D eigenvalue weighted by Crippen LogP contribution is 2.48. The summed E-state index contributed by atoms with van der Waals surface area (Å²) < 4.78 is 1.14. The van der Waals surface area contributed by atoms with E-state index in [4.69, 9.17) is 0 Å². The molecule has 3 aliphatic rings. The number of aromatic amines is 1. The lowest BCUT2D eigenvalue weighted by Gasteiger charge is -2.32. The molecule has 4 aromatic rings. The van der Waals surface area contributed by atoms with Gasteiger partial charge in [0.25, 0.3) is 0 Å². The number of aromatic nitrogens is 4. The lowest BCUT2D eigenvalue weighted by atomic mass is 10.00. The fourth-order valence-electron chi connectivity index (χ4n) is 6.03. The highest BCUT2D eigenvalue weighted by molar-refractivity contribution is 7.16. The van der Waals surface area contributed by atoms with Crippen molar-refractivity contribution in [3.05, 3.63) is 47.9 Å². The molecule has 1 saturated heterocycles. The number of hydrogen-bond acceptors (Lipinski definition) is 7. The Bertz CT molecular complexity index is 1510. The zero-order chi connectivity index (χ0) is 25.5. The van der Waals surface area contributed by atoms with Crippen LogP contribution in [0, 0.1) is 5.41 Å². The molecule has 9 heteroatoms. The fraction of sp³-hybridized carbons (Fsp3) is 0.448. The second-order valence-corrected chi connectivity index (χ2v) is 11.9. The number of nitrogens with one attached hydrogen (secondary N) is 2. The van der Waals surface area contributed by atoms with Crippen LogP contribution >= 0.6 is 11.3 Å². The summed E-state index contributed by atoms with van der Waals surface area (Å²) in [7, 11) is 0. The molecular formula is C29H33N7OS. The van der Waals surface area contributed by atoms with Crippen LogP contribution in [-0.4, -0.2) is 68.4 Å². The number of H-pyrrole nitrogens is 1. The third-order valence-corrected chi connectivity index (χ3v) is 9.19.